The molecule has 0 saturated carbocycles. The first kappa shape index (κ1) is 19.0. The Labute approximate surface area is 160 Å². The maximum Gasteiger partial charge on any atom is 0.253 e. The minimum Gasteiger partial charge on any atom is -0.508 e. The van der Waals surface area contributed by atoms with Crippen LogP contribution in [0.1, 0.15) is 41.3 Å². The summed E-state index contributed by atoms with van der Waals surface area (Å²) in [4.78, 5) is 29.4. The second-order valence-electron chi connectivity index (χ2n) is 7.07. The zero-order chi connectivity index (χ0) is 19.4. The fraction of sp³-hybridized carbons (Fsp3) is 0.364. The number of carbonyl (C=O) groups is 2. The summed E-state index contributed by atoms with van der Waals surface area (Å²) in [6.45, 7) is 5.33. The van der Waals surface area contributed by atoms with Gasteiger partial charge in [0.15, 0.2) is 0 Å². The fourth-order valence-corrected chi connectivity index (χ4v) is 3.52. The van der Waals surface area contributed by atoms with Gasteiger partial charge in [0.05, 0.1) is 0 Å². The second-order valence-corrected chi connectivity index (χ2v) is 7.07. The molecule has 27 heavy (non-hydrogen) atoms. The Bertz CT molecular complexity index is 820. The third-order valence-electron chi connectivity index (χ3n) is 5.19. The predicted molar refractivity (Wildman–Crippen MR) is 104 cm³/mol. The number of carbonyl (C=O) groups excluding carboxylic acids is 2. The molecule has 2 aromatic rings. The van der Waals surface area contributed by atoms with Gasteiger partial charge in [0.2, 0.25) is 5.91 Å². The van der Waals surface area contributed by atoms with Crippen LogP contribution in [0.15, 0.2) is 48.5 Å². The Balaban J connectivity index is 1.79. The number of nitrogens with zero attached hydrogens (tertiary/aromatic N) is 2. The van der Waals surface area contributed by atoms with E-state index < -0.39 is 0 Å². The largest absolute Gasteiger partial charge is 0.508 e. The monoisotopic (exact) mass is 366 g/mol. The lowest BCUT2D eigenvalue weighted by Gasteiger charge is -2.31. The van der Waals surface area contributed by atoms with Crippen molar-refractivity contribution in [2.75, 3.05) is 13.1 Å². The molecule has 0 bridgehead atoms. The third kappa shape index (κ3) is 4.30. The molecule has 1 aliphatic rings. The van der Waals surface area contributed by atoms with E-state index in [-0.39, 0.29) is 23.6 Å². The first-order valence-electron chi connectivity index (χ1n) is 9.42. The van der Waals surface area contributed by atoms with Crippen molar-refractivity contribution in [2.45, 2.75) is 39.3 Å². The van der Waals surface area contributed by atoms with Crippen LogP contribution in [0.2, 0.25) is 0 Å². The number of phenols is 1. The second kappa shape index (κ2) is 8.25. The summed E-state index contributed by atoms with van der Waals surface area (Å²) in [6.07, 6.45) is 1.11. The number of rotatable bonds is 4. The number of amides is 2. The quantitative estimate of drug-likeness (QED) is 0.903. The Kier molecular flexibility index (Phi) is 5.79. The number of aryl methyl sites for hydroxylation is 1. The van der Waals surface area contributed by atoms with E-state index >= 15 is 0 Å². The molecule has 142 valence electrons. The van der Waals surface area contributed by atoms with Crippen molar-refractivity contribution in [1.29, 1.82) is 0 Å². The Morgan fingerprint density at radius 1 is 1.19 bits per heavy atom. The molecule has 0 aliphatic carbocycles. The van der Waals surface area contributed by atoms with Gasteiger partial charge in [-0.05, 0) is 42.7 Å². The molecular weight excluding hydrogens is 340 g/mol. The molecule has 1 atom stereocenters. The van der Waals surface area contributed by atoms with Gasteiger partial charge < -0.3 is 14.9 Å². The molecule has 0 aromatic heterocycles. The summed E-state index contributed by atoms with van der Waals surface area (Å²) in [7, 11) is 0. The SMILES string of the molecule is CC[C@@H]1CN(C(=O)c2ccc(O)c(C)c2)CCC(=O)N1Cc1ccccc1. The van der Waals surface area contributed by atoms with Gasteiger partial charge in [-0.3, -0.25) is 9.59 Å². The molecule has 1 aliphatic heterocycles. The standard InChI is InChI=1S/C22H26N2O3/c1-3-19-15-23(22(27)18-9-10-20(25)16(2)13-18)12-11-21(26)24(19)14-17-7-5-4-6-8-17/h4-10,13,19,25H,3,11-12,14-15H2,1-2H3/t19-/m1/s1. The van der Waals surface area contributed by atoms with E-state index in [0.29, 0.717) is 37.2 Å². The van der Waals surface area contributed by atoms with Crippen LogP contribution in [-0.2, 0) is 11.3 Å². The van der Waals surface area contributed by atoms with Crippen LogP contribution in [0, 0.1) is 6.92 Å². The first-order chi connectivity index (χ1) is 13.0. The molecule has 2 aromatic carbocycles. The number of hydrogen-bond acceptors (Lipinski definition) is 3. The highest BCUT2D eigenvalue weighted by Crippen LogP contribution is 2.22. The minimum atomic E-state index is -0.0917. The van der Waals surface area contributed by atoms with Crippen molar-refractivity contribution < 1.29 is 14.7 Å². The highest BCUT2D eigenvalue weighted by Gasteiger charge is 2.31. The highest BCUT2D eigenvalue weighted by molar-refractivity contribution is 5.95. The average molecular weight is 366 g/mol. The van der Waals surface area contributed by atoms with Crippen molar-refractivity contribution in [2.24, 2.45) is 0 Å². The van der Waals surface area contributed by atoms with Gasteiger partial charge in [-0.25, -0.2) is 0 Å². The summed E-state index contributed by atoms with van der Waals surface area (Å²) in [5, 5.41) is 9.69. The molecule has 1 N–H and O–H groups in total. The van der Waals surface area contributed by atoms with E-state index in [2.05, 4.69) is 6.92 Å². The first-order valence-corrected chi connectivity index (χ1v) is 9.42. The van der Waals surface area contributed by atoms with Gasteiger partial charge in [0.25, 0.3) is 5.91 Å². The van der Waals surface area contributed by atoms with Crippen LogP contribution < -0.4 is 0 Å². The van der Waals surface area contributed by atoms with Crippen LogP contribution in [0.5, 0.6) is 5.75 Å². The lowest BCUT2D eigenvalue weighted by Crippen LogP contribution is -2.43. The van der Waals surface area contributed by atoms with Gasteiger partial charge in [-0.15, -0.1) is 0 Å². The smallest absolute Gasteiger partial charge is 0.253 e. The molecule has 2 amide bonds. The zero-order valence-electron chi connectivity index (χ0n) is 15.9. The predicted octanol–water partition coefficient (Wildman–Crippen LogP) is 3.35. The van der Waals surface area contributed by atoms with E-state index in [9.17, 15) is 14.7 Å². The normalized spacial score (nSPS) is 17.7. The summed E-state index contributed by atoms with van der Waals surface area (Å²) >= 11 is 0. The van der Waals surface area contributed by atoms with Crippen LogP contribution in [-0.4, -0.2) is 45.9 Å². The van der Waals surface area contributed by atoms with Crippen LogP contribution >= 0.6 is 0 Å². The maximum atomic E-state index is 13.0. The summed E-state index contributed by atoms with van der Waals surface area (Å²) in [5.74, 6) is 0.173. The summed E-state index contributed by atoms with van der Waals surface area (Å²) < 4.78 is 0. The van der Waals surface area contributed by atoms with E-state index in [1.165, 1.54) is 0 Å². The van der Waals surface area contributed by atoms with Gasteiger partial charge >= 0.3 is 0 Å². The number of phenolic OH excluding ortho intramolecular Hbond substituents is 1. The molecule has 1 saturated heterocycles. The van der Waals surface area contributed by atoms with Crippen LogP contribution in [0.4, 0.5) is 0 Å². The van der Waals surface area contributed by atoms with E-state index in [1.807, 2.05) is 35.2 Å². The lowest BCUT2D eigenvalue weighted by atomic mass is 10.1. The Morgan fingerprint density at radius 3 is 2.59 bits per heavy atom. The fourth-order valence-electron chi connectivity index (χ4n) is 3.52. The lowest BCUT2D eigenvalue weighted by molar-refractivity contribution is -0.133. The molecule has 3 rings (SSSR count). The molecule has 0 radical (unpaired) electrons. The van der Waals surface area contributed by atoms with Gasteiger partial charge in [-0.2, -0.15) is 0 Å². The molecular formula is C22H26N2O3. The summed E-state index contributed by atoms with van der Waals surface area (Å²) in [6, 6.07) is 14.8. The van der Waals surface area contributed by atoms with Gasteiger partial charge in [0, 0.05) is 37.7 Å². The summed E-state index contributed by atoms with van der Waals surface area (Å²) in [5.41, 5.74) is 2.31. The molecule has 5 heteroatoms. The number of hydrogen-bond donors (Lipinski definition) is 1. The van der Waals surface area contributed by atoms with Crippen LogP contribution in [0.3, 0.4) is 0 Å². The average Bonchev–Trinajstić information content (AvgIpc) is 2.84. The van der Waals surface area contributed by atoms with Crippen molar-refractivity contribution in [3.05, 3.63) is 65.2 Å². The van der Waals surface area contributed by atoms with Crippen molar-refractivity contribution in [1.82, 2.24) is 9.80 Å². The molecule has 1 heterocycles. The number of benzene rings is 2. The van der Waals surface area contributed by atoms with Crippen molar-refractivity contribution >= 4 is 11.8 Å². The molecule has 1 fully saturated rings. The van der Waals surface area contributed by atoms with E-state index in [0.717, 1.165) is 12.0 Å². The van der Waals surface area contributed by atoms with Gasteiger partial charge in [-0.1, -0.05) is 37.3 Å². The third-order valence-corrected chi connectivity index (χ3v) is 5.19. The minimum absolute atomic E-state index is 0.0117. The highest BCUT2D eigenvalue weighted by atomic mass is 16.3. The Morgan fingerprint density at radius 2 is 1.93 bits per heavy atom. The zero-order valence-corrected chi connectivity index (χ0v) is 15.9. The van der Waals surface area contributed by atoms with Crippen LogP contribution in [0.25, 0.3) is 0 Å². The maximum absolute atomic E-state index is 13.0. The number of aromatic hydroxyl groups is 1. The molecule has 0 spiro atoms. The van der Waals surface area contributed by atoms with E-state index in [1.54, 1.807) is 30.0 Å². The molecule has 5 nitrogen and oxygen atoms in total. The van der Waals surface area contributed by atoms with Crippen molar-refractivity contribution in [3.63, 3.8) is 0 Å². The van der Waals surface area contributed by atoms with E-state index in [4.69, 9.17) is 0 Å². The topological polar surface area (TPSA) is 60.9 Å². The molecule has 0 unspecified atom stereocenters. The Hall–Kier alpha value is -2.82. The van der Waals surface area contributed by atoms with Crippen molar-refractivity contribution in [3.8, 4) is 5.75 Å². The van der Waals surface area contributed by atoms with Gasteiger partial charge in [0.1, 0.15) is 5.75 Å².